The summed E-state index contributed by atoms with van der Waals surface area (Å²) in [5, 5.41) is 0.402. The molecule has 1 aromatic rings. The van der Waals surface area contributed by atoms with Gasteiger partial charge in [-0.2, -0.15) is 0 Å². The fourth-order valence-electron chi connectivity index (χ4n) is 2.05. The van der Waals surface area contributed by atoms with E-state index in [1.807, 2.05) is 17.9 Å². The molecule has 0 N–H and O–H groups in total. The zero-order valence-electron chi connectivity index (χ0n) is 12.8. The molecule has 0 saturated heterocycles. The first-order valence-corrected chi connectivity index (χ1v) is 7.95. The number of pyridine rings is 1. The van der Waals surface area contributed by atoms with E-state index in [9.17, 15) is 4.79 Å². The lowest BCUT2D eigenvalue weighted by Crippen LogP contribution is -2.33. The van der Waals surface area contributed by atoms with E-state index in [-0.39, 0.29) is 5.91 Å². The van der Waals surface area contributed by atoms with Crippen LogP contribution in [0.15, 0.2) is 12.1 Å². The summed E-state index contributed by atoms with van der Waals surface area (Å²) in [6.07, 6.45) is 5.04. The van der Waals surface area contributed by atoms with Gasteiger partial charge in [0.25, 0.3) is 5.91 Å². The van der Waals surface area contributed by atoms with Crippen LogP contribution in [-0.2, 0) is 6.42 Å². The van der Waals surface area contributed by atoms with Crippen LogP contribution in [0.1, 0.15) is 62.5 Å². The standard InChI is InChI=1S/C16H25ClN2O/c1-4-7-9-19(10-8-5-2)16(20)13-11-14(6-3)18-15(17)12-13/h11-12H,4-10H2,1-3H3. The average Bonchev–Trinajstić information content (AvgIpc) is 2.46. The van der Waals surface area contributed by atoms with Gasteiger partial charge in [0.1, 0.15) is 5.15 Å². The number of hydrogen-bond acceptors (Lipinski definition) is 2. The second kappa shape index (κ2) is 8.96. The molecule has 4 heteroatoms. The zero-order valence-corrected chi connectivity index (χ0v) is 13.5. The Morgan fingerprint density at radius 1 is 1.15 bits per heavy atom. The van der Waals surface area contributed by atoms with Crippen LogP contribution < -0.4 is 0 Å². The maximum absolute atomic E-state index is 12.6. The van der Waals surface area contributed by atoms with Gasteiger partial charge in [-0.25, -0.2) is 4.98 Å². The molecule has 1 amide bonds. The van der Waals surface area contributed by atoms with E-state index in [1.54, 1.807) is 6.07 Å². The highest BCUT2D eigenvalue weighted by molar-refractivity contribution is 6.29. The van der Waals surface area contributed by atoms with E-state index >= 15 is 0 Å². The van der Waals surface area contributed by atoms with E-state index < -0.39 is 0 Å². The SMILES string of the molecule is CCCCN(CCCC)C(=O)c1cc(Cl)nc(CC)c1. The number of nitrogens with zero attached hydrogens (tertiary/aromatic N) is 2. The van der Waals surface area contributed by atoms with Gasteiger partial charge in [0.15, 0.2) is 0 Å². The minimum absolute atomic E-state index is 0.0749. The quantitative estimate of drug-likeness (QED) is 0.669. The second-order valence-electron chi connectivity index (χ2n) is 5.02. The van der Waals surface area contributed by atoms with Crippen LogP contribution in [0.5, 0.6) is 0 Å². The van der Waals surface area contributed by atoms with Gasteiger partial charge in [-0.1, -0.05) is 45.2 Å². The minimum atomic E-state index is 0.0749. The topological polar surface area (TPSA) is 33.2 Å². The smallest absolute Gasteiger partial charge is 0.254 e. The molecule has 3 nitrogen and oxygen atoms in total. The van der Waals surface area contributed by atoms with Crippen LogP contribution >= 0.6 is 11.6 Å². The largest absolute Gasteiger partial charge is 0.339 e. The predicted molar refractivity (Wildman–Crippen MR) is 84.3 cm³/mol. The van der Waals surface area contributed by atoms with Crippen LogP contribution in [0, 0.1) is 0 Å². The van der Waals surface area contributed by atoms with Gasteiger partial charge in [0.05, 0.1) is 0 Å². The van der Waals surface area contributed by atoms with Crippen molar-refractivity contribution < 1.29 is 4.79 Å². The number of halogens is 1. The Balaban J connectivity index is 2.89. The van der Waals surface area contributed by atoms with Crippen molar-refractivity contribution in [2.45, 2.75) is 52.9 Å². The van der Waals surface area contributed by atoms with Crippen molar-refractivity contribution in [3.63, 3.8) is 0 Å². The molecule has 0 fully saturated rings. The lowest BCUT2D eigenvalue weighted by molar-refractivity contribution is 0.0751. The first-order valence-electron chi connectivity index (χ1n) is 7.58. The fourth-order valence-corrected chi connectivity index (χ4v) is 2.28. The summed E-state index contributed by atoms with van der Waals surface area (Å²) in [5.74, 6) is 0.0749. The lowest BCUT2D eigenvalue weighted by Gasteiger charge is -2.22. The average molecular weight is 297 g/mol. The third-order valence-electron chi connectivity index (χ3n) is 3.31. The predicted octanol–water partition coefficient (Wildman–Crippen LogP) is 4.34. The summed E-state index contributed by atoms with van der Waals surface area (Å²) < 4.78 is 0. The lowest BCUT2D eigenvalue weighted by atomic mass is 10.1. The number of amides is 1. The molecule has 0 radical (unpaired) electrons. The van der Waals surface area contributed by atoms with Crippen molar-refractivity contribution in [1.29, 1.82) is 0 Å². The van der Waals surface area contributed by atoms with Crippen LogP contribution in [-0.4, -0.2) is 28.9 Å². The summed E-state index contributed by atoms with van der Waals surface area (Å²) in [5.41, 5.74) is 1.53. The highest BCUT2D eigenvalue weighted by atomic mass is 35.5. The van der Waals surface area contributed by atoms with Gasteiger partial charge in [0.2, 0.25) is 0 Å². The van der Waals surface area contributed by atoms with E-state index in [4.69, 9.17) is 11.6 Å². The number of rotatable bonds is 8. The second-order valence-corrected chi connectivity index (χ2v) is 5.41. The van der Waals surface area contributed by atoms with E-state index in [0.29, 0.717) is 10.7 Å². The Morgan fingerprint density at radius 3 is 2.25 bits per heavy atom. The Labute approximate surface area is 127 Å². The molecule has 112 valence electrons. The van der Waals surface area contributed by atoms with Crippen LogP contribution in [0.4, 0.5) is 0 Å². The van der Waals surface area contributed by atoms with E-state index in [0.717, 1.165) is 50.9 Å². The van der Waals surface area contributed by atoms with E-state index in [2.05, 4.69) is 18.8 Å². The summed E-state index contributed by atoms with van der Waals surface area (Å²) in [7, 11) is 0. The Hall–Kier alpha value is -1.09. The number of aromatic nitrogens is 1. The van der Waals surface area contributed by atoms with Crippen molar-refractivity contribution in [3.8, 4) is 0 Å². The van der Waals surface area contributed by atoms with Crippen molar-refractivity contribution in [2.75, 3.05) is 13.1 Å². The summed E-state index contributed by atoms with van der Waals surface area (Å²) in [6, 6.07) is 3.53. The number of carbonyl (C=O) groups excluding carboxylic acids is 1. The molecule has 0 aliphatic heterocycles. The third kappa shape index (κ3) is 5.12. The molecule has 1 aromatic heterocycles. The Bertz CT molecular complexity index is 426. The van der Waals surface area contributed by atoms with Crippen molar-refractivity contribution >= 4 is 17.5 Å². The van der Waals surface area contributed by atoms with Gasteiger partial charge in [0, 0.05) is 24.3 Å². The Morgan fingerprint density at radius 2 is 1.75 bits per heavy atom. The van der Waals surface area contributed by atoms with Gasteiger partial charge >= 0.3 is 0 Å². The molecule has 0 aliphatic rings. The summed E-state index contributed by atoms with van der Waals surface area (Å²) in [4.78, 5) is 18.8. The zero-order chi connectivity index (χ0) is 15.0. The first kappa shape index (κ1) is 17.0. The molecule has 0 aromatic carbocycles. The molecule has 0 saturated carbocycles. The van der Waals surface area contributed by atoms with Crippen LogP contribution in [0.3, 0.4) is 0 Å². The molecule has 1 rings (SSSR count). The molecular formula is C16H25ClN2O. The highest BCUT2D eigenvalue weighted by Crippen LogP contribution is 2.14. The molecule has 0 aliphatic carbocycles. The fraction of sp³-hybridized carbons (Fsp3) is 0.625. The minimum Gasteiger partial charge on any atom is -0.339 e. The van der Waals surface area contributed by atoms with Crippen molar-refractivity contribution in [2.24, 2.45) is 0 Å². The number of aryl methyl sites for hydroxylation is 1. The summed E-state index contributed by atoms with van der Waals surface area (Å²) in [6.45, 7) is 7.92. The van der Waals surface area contributed by atoms with Crippen LogP contribution in [0.2, 0.25) is 5.15 Å². The third-order valence-corrected chi connectivity index (χ3v) is 3.50. The maximum Gasteiger partial charge on any atom is 0.254 e. The van der Waals surface area contributed by atoms with Crippen molar-refractivity contribution in [1.82, 2.24) is 9.88 Å². The molecule has 0 bridgehead atoms. The molecule has 0 atom stereocenters. The maximum atomic E-state index is 12.6. The number of unbranched alkanes of at least 4 members (excludes halogenated alkanes) is 2. The van der Waals surface area contributed by atoms with Gasteiger partial charge in [-0.3, -0.25) is 4.79 Å². The molecule has 1 heterocycles. The van der Waals surface area contributed by atoms with Gasteiger partial charge < -0.3 is 4.90 Å². The first-order chi connectivity index (χ1) is 9.62. The highest BCUT2D eigenvalue weighted by Gasteiger charge is 2.16. The molecule has 0 unspecified atom stereocenters. The molecule has 0 spiro atoms. The summed E-state index contributed by atoms with van der Waals surface area (Å²) >= 11 is 6.00. The number of hydrogen-bond donors (Lipinski definition) is 0. The molecule has 20 heavy (non-hydrogen) atoms. The van der Waals surface area contributed by atoms with Gasteiger partial charge in [-0.15, -0.1) is 0 Å². The normalized spacial score (nSPS) is 10.6. The molecular weight excluding hydrogens is 272 g/mol. The van der Waals surface area contributed by atoms with E-state index in [1.165, 1.54) is 0 Å². The van der Waals surface area contributed by atoms with Gasteiger partial charge in [-0.05, 0) is 31.4 Å². The Kier molecular flexibility index (Phi) is 7.60. The van der Waals surface area contributed by atoms with Crippen molar-refractivity contribution in [3.05, 3.63) is 28.5 Å². The number of carbonyl (C=O) groups is 1. The monoisotopic (exact) mass is 296 g/mol. The van der Waals surface area contributed by atoms with Crippen LogP contribution in [0.25, 0.3) is 0 Å².